The first-order valence-electron chi connectivity index (χ1n) is 11.3. The van der Waals surface area contributed by atoms with Crippen molar-refractivity contribution >= 4 is 33.7 Å². The molecule has 0 saturated carbocycles. The number of methoxy groups -OCH3 is 2. The Kier molecular flexibility index (Phi) is 7.22. The third-order valence-corrected chi connectivity index (χ3v) is 5.73. The Labute approximate surface area is 199 Å². The lowest BCUT2D eigenvalue weighted by Gasteiger charge is -2.18. The molecule has 178 valence electrons. The van der Waals surface area contributed by atoms with Crippen molar-refractivity contribution in [2.75, 3.05) is 45.8 Å². The average molecular weight is 463 g/mol. The lowest BCUT2D eigenvalue weighted by molar-refractivity contribution is 0.223. The number of anilines is 2. The number of hydrogen-bond acceptors (Lipinski definition) is 9. The van der Waals surface area contributed by atoms with Crippen LogP contribution in [0.5, 0.6) is 17.2 Å². The molecule has 0 spiro atoms. The summed E-state index contributed by atoms with van der Waals surface area (Å²) in [6, 6.07) is 9.50. The van der Waals surface area contributed by atoms with Gasteiger partial charge in [0, 0.05) is 29.6 Å². The van der Waals surface area contributed by atoms with Gasteiger partial charge in [-0.25, -0.2) is 19.9 Å². The van der Waals surface area contributed by atoms with E-state index in [-0.39, 0.29) is 0 Å². The zero-order valence-corrected chi connectivity index (χ0v) is 20.3. The van der Waals surface area contributed by atoms with Crippen molar-refractivity contribution in [1.29, 1.82) is 0 Å². The highest BCUT2D eigenvalue weighted by Gasteiger charge is 2.13. The summed E-state index contributed by atoms with van der Waals surface area (Å²) >= 11 is 0. The highest BCUT2D eigenvalue weighted by molar-refractivity contribution is 5.89. The predicted molar refractivity (Wildman–Crippen MR) is 133 cm³/mol. The molecule has 4 aromatic rings. The van der Waals surface area contributed by atoms with Crippen LogP contribution in [0.3, 0.4) is 0 Å². The van der Waals surface area contributed by atoms with Crippen LogP contribution in [0.15, 0.2) is 36.5 Å². The number of nitrogens with one attached hydrogen (secondary N) is 1. The number of aryl methyl sites for hydroxylation is 1. The number of likely N-dealkylation sites (N-methyl/N-ethyl adjacent to an activating group) is 1. The number of aromatic nitrogens is 4. The van der Waals surface area contributed by atoms with Crippen LogP contribution in [0.25, 0.3) is 21.8 Å². The van der Waals surface area contributed by atoms with Gasteiger partial charge in [0.2, 0.25) is 11.9 Å². The van der Waals surface area contributed by atoms with Crippen molar-refractivity contribution < 1.29 is 14.2 Å². The van der Waals surface area contributed by atoms with E-state index in [1.54, 1.807) is 26.5 Å². The predicted octanol–water partition coefficient (Wildman–Crippen LogP) is 4.36. The van der Waals surface area contributed by atoms with Crippen LogP contribution in [-0.4, -0.2) is 65.3 Å². The van der Waals surface area contributed by atoms with Crippen LogP contribution in [0, 0.1) is 6.92 Å². The van der Waals surface area contributed by atoms with Gasteiger partial charge in [0.05, 0.1) is 25.4 Å². The lowest BCUT2D eigenvalue weighted by atomic mass is 10.1. The minimum Gasteiger partial charge on any atom is -0.497 e. The molecule has 2 aromatic carbocycles. The molecular formula is C25H30N6O3. The Morgan fingerprint density at radius 3 is 2.47 bits per heavy atom. The molecule has 0 amide bonds. The van der Waals surface area contributed by atoms with Crippen molar-refractivity contribution in [1.82, 2.24) is 24.8 Å². The van der Waals surface area contributed by atoms with E-state index in [4.69, 9.17) is 14.2 Å². The second kappa shape index (κ2) is 10.5. The van der Waals surface area contributed by atoms with E-state index in [9.17, 15) is 0 Å². The molecule has 0 unspecified atom stereocenters. The smallest absolute Gasteiger partial charge is 0.230 e. The molecule has 4 rings (SSSR count). The second-order valence-corrected chi connectivity index (χ2v) is 7.77. The van der Waals surface area contributed by atoms with E-state index in [0.717, 1.165) is 47.4 Å². The molecule has 0 saturated heterocycles. The SMILES string of the molecule is CCN(CC)CCOc1ccc2nc(Nc3nc(C)c4cc(OC)cc(OC)c4n3)ncc2c1. The summed E-state index contributed by atoms with van der Waals surface area (Å²) in [5, 5.41) is 4.87. The molecule has 1 N–H and O–H groups in total. The number of rotatable bonds is 10. The van der Waals surface area contributed by atoms with Crippen LogP contribution in [-0.2, 0) is 0 Å². The number of fused-ring (bicyclic) bond motifs is 2. The molecule has 9 heteroatoms. The average Bonchev–Trinajstić information content (AvgIpc) is 2.86. The standard InChI is InChI=1S/C25H30N6O3/c1-6-31(7-2)10-11-34-18-8-9-21-17(12-18)15-26-24(28-21)30-25-27-16(3)20-13-19(32-4)14-22(33-5)23(20)29-25/h8-9,12-15H,6-7,10-11H2,1-5H3,(H,26,27,28,29,30). The summed E-state index contributed by atoms with van der Waals surface area (Å²) in [4.78, 5) is 20.6. The summed E-state index contributed by atoms with van der Waals surface area (Å²) in [5.74, 6) is 2.90. The molecule has 0 radical (unpaired) electrons. The van der Waals surface area contributed by atoms with Gasteiger partial charge in [-0.05, 0) is 44.3 Å². The Morgan fingerprint density at radius 1 is 0.912 bits per heavy atom. The summed E-state index contributed by atoms with van der Waals surface area (Å²) in [5.41, 5.74) is 2.27. The quantitative estimate of drug-likeness (QED) is 0.369. The van der Waals surface area contributed by atoms with Crippen molar-refractivity contribution in [2.45, 2.75) is 20.8 Å². The van der Waals surface area contributed by atoms with Crippen molar-refractivity contribution in [3.63, 3.8) is 0 Å². The topological polar surface area (TPSA) is 94.5 Å². The van der Waals surface area contributed by atoms with Gasteiger partial charge < -0.3 is 19.1 Å². The molecule has 34 heavy (non-hydrogen) atoms. The molecule has 0 atom stereocenters. The summed E-state index contributed by atoms with van der Waals surface area (Å²) < 4.78 is 16.8. The zero-order chi connectivity index (χ0) is 24.1. The number of ether oxygens (including phenoxy) is 3. The summed E-state index contributed by atoms with van der Waals surface area (Å²) in [6.45, 7) is 9.79. The Bertz CT molecular complexity index is 1290. The van der Waals surface area contributed by atoms with Gasteiger partial charge in [0.15, 0.2) is 0 Å². The molecule has 0 bridgehead atoms. The van der Waals surface area contributed by atoms with Gasteiger partial charge >= 0.3 is 0 Å². The van der Waals surface area contributed by atoms with Crippen molar-refractivity contribution in [3.8, 4) is 17.2 Å². The van der Waals surface area contributed by atoms with E-state index >= 15 is 0 Å². The van der Waals surface area contributed by atoms with Crippen LogP contribution in [0.2, 0.25) is 0 Å². The second-order valence-electron chi connectivity index (χ2n) is 7.77. The Balaban J connectivity index is 1.54. The van der Waals surface area contributed by atoms with E-state index < -0.39 is 0 Å². The van der Waals surface area contributed by atoms with E-state index in [1.165, 1.54) is 0 Å². The number of benzene rings is 2. The molecule has 0 aliphatic rings. The molecule has 2 aromatic heterocycles. The molecular weight excluding hydrogens is 432 g/mol. The van der Waals surface area contributed by atoms with E-state index in [2.05, 4.69) is 44.0 Å². The third-order valence-electron chi connectivity index (χ3n) is 5.73. The first kappa shape index (κ1) is 23.4. The molecule has 2 heterocycles. The third kappa shape index (κ3) is 5.09. The monoisotopic (exact) mass is 462 g/mol. The lowest BCUT2D eigenvalue weighted by Crippen LogP contribution is -2.27. The minimum atomic E-state index is 0.393. The Morgan fingerprint density at radius 2 is 1.74 bits per heavy atom. The fraction of sp³-hybridized carbons (Fsp3) is 0.360. The first-order valence-corrected chi connectivity index (χ1v) is 11.3. The maximum Gasteiger partial charge on any atom is 0.230 e. The maximum absolute atomic E-state index is 5.91. The maximum atomic E-state index is 5.91. The molecule has 0 fully saturated rings. The van der Waals surface area contributed by atoms with Gasteiger partial charge in [-0.15, -0.1) is 0 Å². The first-order chi connectivity index (χ1) is 16.5. The van der Waals surface area contributed by atoms with Gasteiger partial charge in [-0.1, -0.05) is 13.8 Å². The minimum absolute atomic E-state index is 0.393. The zero-order valence-electron chi connectivity index (χ0n) is 20.3. The van der Waals surface area contributed by atoms with Gasteiger partial charge in [0.1, 0.15) is 29.4 Å². The molecule has 0 aliphatic heterocycles. The summed E-state index contributed by atoms with van der Waals surface area (Å²) in [6.07, 6.45) is 1.77. The largest absolute Gasteiger partial charge is 0.497 e. The highest BCUT2D eigenvalue weighted by atomic mass is 16.5. The van der Waals surface area contributed by atoms with Gasteiger partial charge in [0.25, 0.3) is 0 Å². The fourth-order valence-corrected chi connectivity index (χ4v) is 3.75. The number of nitrogens with zero attached hydrogens (tertiary/aromatic N) is 5. The van der Waals surface area contributed by atoms with Crippen molar-refractivity contribution in [2.24, 2.45) is 0 Å². The number of hydrogen-bond donors (Lipinski definition) is 1. The van der Waals surface area contributed by atoms with Crippen LogP contribution >= 0.6 is 0 Å². The highest BCUT2D eigenvalue weighted by Crippen LogP contribution is 2.32. The van der Waals surface area contributed by atoms with Gasteiger partial charge in [-0.3, -0.25) is 5.32 Å². The van der Waals surface area contributed by atoms with E-state index in [0.29, 0.717) is 35.5 Å². The van der Waals surface area contributed by atoms with Crippen LogP contribution in [0.4, 0.5) is 11.9 Å². The van der Waals surface area contributed by atoms with Crippen LogP contribution in [0.1, 0.15) is 19.5 Å². The fourth-order valence-electron chi connectivity index (χ4n) is 3.75. The van der Waals surface area contributed by atoms with Gasteiger partial charge in [-0.2, -0.15) is 0 Å². The molecule has 0 aliphatic carbocycles. The Hall–Kier alpha value is -3.72. The molecule has 9 nitrogen and oxygen atoms in total. The van der Waals surface area contributed by atoms with Crippen molar-refractivity contribution in [3.05, 3.63) is 42.2 Å². The van der Waals surface area contributed by atoms with Crippen LogP contribution < -0.4 is 19.5 Å². The summed E-state index contributed by atoms with van der Waals surface area (Å²) in [7, 11) is 3.22. The van der Waals surface area contributed by atoms with E-state index in [1.807, 2.05) is 31.2 Å². The normalized spacial score (nSPS) is 11.2.